The Morgan fingerprint density at radius 3 is 2.22 bits per heavy atom. The van der Waals surface area contributed by atoms with Crippen molar-refractivity contribution in [3.05, 3.63) is 64.0 Å². The maximum absolute atomic E-state index is 13.8. The highest BCUT2D eigenvalue weighted by molar-refractivity contribution is 7.80. The first-order chi connectivity index (χ1) is 10.8. The number of aliphatic imine (C=N–C) groups is 1. The average Bonchev–Trinajstić information content (AvgIpc) is 2.46. The van der Waals surface area contributed by atoms with E-state index in [9.17, 15) is 13.2 Å². The summed E-state index contributed by atoms with van der Waals surface area (Å²) in [6, 6.07) is 5.07. The minimum absolute atomic E-state index is 0.0933. The number of rotatable bonds is 4. The van der Waals surface area contributed by atoms with Gasteiger partial charge in [-0.2, -0.15) is 0 Å². The number of halogens is 3. The quantitative estimate of drug-likeness (QED) is 0.414. The third kappa shape index (κ3) is 3.85. The molecular formula is C18H16F3NS. The van der Waals surface area contributed by atoms with Gasteiger partial charge in [-0.15, -0.1) is 0 Å². The van der Waals surface area contributed by atoms with Crippen LogP contribution in [0.2, 0.25) is 0 Å². The lowest BCUT2D eigenvalue weighted by molar-refractivity contribution is 0.530. The van der Waals surface area contributed by atoms with E-state index in [1.54, 1.807) is 6.21 Å². The van der Waals surface area contributed by atoms with Gasteiger partial charge in [-0.25, -0.2) is 13.2 Å². The molecule has 0 saturated carbocycles. The van der Waals surface area contributed by atoms with Crippen LogP contribution in [0.3, 0.4) is 0 Å². The largest absolute Gasteiger partial charge is 0.261 e. The molecule has 0 fully saturated rings. The summed E-state index contributed by atoms with van der Waals surface area (Å²) < 4.78 is 40.5. The number of hydrogen-bond acceptors (Lipinski definition) is 2. The molecule has 0 saturated heterocycles. The molecule has 5 heteroatoms. The van der Waals surface area contributed by atoms with Crippen LogP contribution in [0, 0.1) is 31.3 Å². The molecule has 2 aromatic carbocycles. The molecule has 0 heterocycles. The predicted molar refractivity (Wildman–Crippen MR) is 91.5 cm³/mol. The van der Waals surface area contributed by atoms with Crippen LogP contribution in [0.1, 0.15) is 29.2 Å². The standard InChI is InChI=1S/C18H16F3NS/c1-4-22-17-6-10(2)13(5-11(17)3)18(23)9-14-15(20)7-12(19)8-16(14)21/h4-8H,9H2,1-3H3/b22-4+. The molecule has 0 bridgehead atoms. The zero-order chi connectivity index (χ0) is 17.1. The Hall–Kier alpha value is -2.01. The first kappa shape index (κ1) is 17.3. The van der Waals surface area contributed by atoms with Gasteiger partial charge >= 0.3 is 0 Å². The molecule has 0 aliphatic carbocycles. The summed E-state index contributed by atoms with van der Waals surface area (Å²) in [5, 5.41) is 0. The van der Waals surface area contributed by atoms with E-state index in [2.05, 4.69) is 4.99 Å². The Balaban J connectivity index is 2.37. The van der Waals surface area contributed by atoms with E-state index in [1.807, 2.05) is 32.9 Å². The molecule has 0 unspecified atom stereocenters. The minimum Gasteiger partial charge on any atom is -0.261 e. The fraction of sp³-hybridized carbons (Fsp3) is 0.222. The zero-order valence-electron chi connectivity index (χ0n) is 13.1. The normalized spacial score (nSPS) is 11.2. The Morgan fingerprint density at radius 2 is 1.65 bits per heavy atom. The topological polar surface area (TPSA) is 12.4 Å². The van der Waals surface area contributed by atoms with Crippen LogP contribution >= 0.6 is 12.2 Å². The van der Waals surface area contributed by atoms with Gasteiger partial charge in [-0.1, -0.05) is 12.2 Å². The lowest BCUT2D eigenvalue weighted by atomic mass is 9.97. The Bertz CT molecular complexity index is 774. The number of thiocarbonyl (C=S) groups is 1. The number of hydrogen-bond donors (Lipinski definition) is 0. The summed E-state index contributed by atoms with van der Waals surface area (Å²) in [7, 11) is 0. The fourth-order valence-electron chi connectivity index (χ4n) is 2.38. The predicted octanol–water partition coefficient (Wildman–Crippen LogP) is 5.40. The second-order valence-electron chi connectivity index (χ2n) is 5.29. The molecule has 0 spiro atoms. The van der Waals surface area contributed by atoms with Crippen LogP contribution < -0.4 is 0 Å². The van der Waals surface area contributed by atoms with Crippen molar-refractivity contribution in [3.8, 4) is 0 Å². The van der Waals surface area contributed by atoms with Gasteiger partial charge in [-0.05, 0) is 49.6 Å². The van der Waals surface area contributed by atoms with Crippen molar-refractivity contribution < 1.29 is 13.2 Å². The molecule has 2 rings (SSSR count). The fourth-order valence-corrected chi connectivity index (χ4v) is 2.74. The first-order valence-electron chi connectivity index (χ1n) is 7.10. The molecule has 2 aromatic rings. The summed E-state index contributed by atoms with van der Waals surface area (Å²) >= 11 is 5.34. The zero-order valence-corrected chi connectivity index (χ0v) is 13.9. The van der Waals surface area contributed by atoms with Crippen molar-refractivity contribution in [1.82, 2.24) is 0 Å². The van der Waals surface area contributed by atoms with Crippen molar-refractivity contribution in [2.75, 3.05) is 0 Å². The number of benzene rings is 2. The second-order valence-corrected chi connectivity index (χ2v) is 5.78. The summed E-state index contributed by atoms with van der Waals surface area (Å²) in [6.07, 6.45) is 1.60. The molecule has 120 valence electrons. The minimum atomic E-state index is -0.941. The van der Waals surface area contributed by atoms with Crippen LogP contribution in [0.15, 0.2) is 29.3 Å². The van der Waals surface area contributed by atoms with E-state index in [4.69, 9.17) is 12.2 Å². The van der Waals surface area contributed by atoms with Crippen molar-refractivity contribution >= 4 is 29.0 Å². The molecule has 0 atom stereocenters. The highest BCUT2D eigenvalue weighted by Crippen LogP contribution is 2.25. The van der Waals surface area contributed by atoms with Crippen molar-refractivity contribution in [2.45, 2.75) is 27.2 Å². The van der Waals surface area contributed by atoms with Gasteiger partial charge in [0, 0.05) is 35.2 Å². The van der Waals surface area contributed by atoms with Crippen molar-refractivity contribution in [3.63, 3.8) is 0 Å². The van der Waals surface area contributed by atoms with Crippen molar-refractivity contribution in [2.24, 2.45) is 4.99 Å². The van der Waals surface area contributed by atoms with Gasteiger partial charge in [0.2, 0.25) is 0 Å². The molecule has 0 radical (unpaired) electrons. The average molecular weight is 335 g/mol. The highest BCUT2D eigenvalue weighted by atomic mass is 32.1. The van der Waals surface area contributed by atoms with E-state index in [-0.39, 0.29) is 12.0 Å². The molecule has 0 aliphatic rings. The van der Waals surface area contributed by atoms with Crippen molar-refractivity contribution in [1.29, 1.82) is 0 Å². The molecule has 0 aromatic heterocycles. The van der Waals surface area contributed by atoms with Crippen LogP contribution in [-0.4, -0.2) is 11.1 Å². The maximum Gasteiger partial charge on any atom is 0.132 e. The van der Waals surface area contributed by atoms with E-state index in [0.29, 0.717) is 17.0 Å². The maximum atomic E-state index is 13.8. The van der Waals surface area contributed by atoms with E-state index in [1.165, 1.54) is 0 Å². The van der Waals surface area contributed by atoms with Crippen LogP contribution in [0.5, 0.6) is 0 Å². The van der Waals surface area contributed by atoms with Gasteiger partial charge in [0.1, 0.15) is 17.5 Å². The smallest absolute Gasteiger partial charge is 0.132 e. The third-order valence-electron chi connectivity index (χ3n) is 3.55. The van der Waals surface area contributed by atoms with E-state index < -0.39 is 17.5 Å². The van der Waals surface area contributed by atoms with Gasteiger partial charge in [0.15, 0.2) is 0 Å². The Kier molecular flexibility index (Phi) is 5.31. The lowest BCUT2D eigenvalue weighted by Gasteiger charge is -2.12. The first-order valence-corrected chi connectivity index (χ1v) is 7.50. The molecule has 1 nitrogen and oxygen atoms in total. The monoisotopic (exact) mass is 335 g/mol. The lowest BCUT2D eigenvalue weighted by Crippen LogP contribution is -2.08. The Morgan fingerprint density at radius 1 is 1.04 bits per heavy atom. The van der Waals surface area contributed by atoms with Crippen LogP contribution in [0.4, 0.5) is 18.9 Å². The van der Waals surface area contributed by atoms with E-state index >= 15 is 0 Å². The molecule has 0 N–H and O–H groups in total. The van der Waals surface area contributed by atoms with Gasteiger partial charge in [0.25, 0.3) is 0 Å². The van der Waals surface area contributed by atoms with Gasteiger partial charge < -0.3 is 0 Å². The van der Waals surface area contributed by atoms with Gasteiger partial charge in [-0.3, -0.25) is 4.99 Å². The second kappa shape index (κ2) is 7.04. The number of nitrogens with zero attached hydrogens (tertiary/aromatic N) is 1. The Labute approximate surface area is 138 Å². The summed E-state index contributed by atoms with van der Waals surface area (Å²) in [5.41, 5.74) is 3.16. The summed E-state index contributed by atoms with van der Waals surface area (Å²) in [6.45, 7) is 5.59. The third-order valence-corrected chi connectivity index (χ3v) is 3.92. The molecular weight excluding hydrogens is 319 g/mol. The summed E-state index contributed by atoms with van der Waals surface area (Å²) in [4.78, 5) is 4.66. The van der Waals surface area contributed by atoms with Crippen LogP contribution in [-0.2, 0) is 6.42 Å². The van der Waals surface area contributed by atoms with Gasteiger partial charge in [0.05, 0.1) is 5.69 Å². The highest BCUT2D eigenvalue weighted by Gasteiger charge is 2.16. The molecule has 23 heavy (non-hydrogen) atoms. The van der Waals surface area contributed by atoms with E-state index in [0.717, 1.165) is 22.4 Å². The van der Waals surface area contributed by atoms with Crippen LogP contribution in [0.25, 0.3) is 0 Å². The SMILES string of the molecule is C/C=N/c1cc(C)c(C(=S)Cc2c(F)cc(F)cc2F)cc1C. The summed E-state index contributed by atoms with van der Waals surface area (Å²) in [5.74, 6) is -2.79. The number of aryl methyl sites for hydroxylation is 2. The molecule has 0 amide bonds. The molecule has 0 aliphatic heterocycles.